The molecular formula is C22H34O4. The van der Waals surface area contributed by atoms with E-state index in [0.717, 1.165) is 37.5 Å². The van der Waals surface area contributed by atoms with Gasteiger partial charge in [0.15, 0.2) is 11.9 Å². The molecule has 4 nitrogen and oxygen atoms in total. The van der Waals surface area contributed by atoms with E-state index in [1.54, 1.807) is 6.08 Å². The Labute approximate surface area is 157 Å². The molecule has 2 aliphatic carbocycles. The normalized spacial score (nSPS) is 25.1. The van der Waals surface area contributed by atoms with Crippen LogP contribution in [0.25, 0.3) is 0 Å². The fraction of sp³-hybridized carbons (Fsp3) is 0.727. The Balaban J connectivity index is 1.70. The molecule has 2 aliphatic rings. The van der Waals surface area contributed by atoms with Gasteiger partial charge in [0, 0.05) is 11.8 Å². The van der Waals surface area contributed by atoms with E-state index in [0.29, 0.717) is 6.42 Å². The van der Waals surface area contributed by atoms with Crippen LogP contribution in [0.4, 0.5) is 0 Å². The Morgan fingerprint density at radius 3 is 2.69 bits per heavy atom. The van der Waals surface area contributed by atoms with Gasteiger partial charge in [-0.1, -0.05) is 57.3 Å². The van der Waals surface area contributed by atoms with Gasteiger partial charge in [-0.2, -0.15) is 0 Å². The third-order valence-corrected chi connectivity index (χ3v) is 5.84. The summed E-state index contributed by atoms with van der Waals surface area (Å²) in [7, 11) is 0. The first kappa shape index (κ1) is 20.9. The van der Waals surface area contributed by atoms with Gasteiger partial charge in [0.1, 0.15) is 0 Å². The summed E-state index contributed by atoms with van der Waals surface area (Å²) in [6.07, 6.45) is 17.0. The number of carboxylic acid groups (broad SMARTS) is 1. The minimum Gasteiger partial charge on any atom is -0.479 e. The largest absolute Gasteiger partial charge is 0.479 e. The van der Waals surface area contributed by atoms with Gasteiger partial charge in [0.2, 0.25) is 0 Å². The molecule has 0 spiro atoms. The number of carbonyl (C=O) groups is 2. The number of unbranched alkanes of at least 4 members (excludes halogenated alkanes) is 2. The van der Waals surface area contributed by atoms with E-state index >= 15 is 0 Å². The second-order valence-corrected chi connectivity index (χ2v) is 7.99. The van der Waals surface area contributed by atoms with Gasteiger partial charge in [-0.15, -0.1) is 0 Å². The maximum atomic E-state index is 12.1. The number of hydrogen-bond acceptors (Lipinski definition) is 3. The summed E-state index contributed by atoms with van der Waals surface area (Å²) in [6, 6.07) is 0. The topological polar surface area (TPSA) is 74.6 Å². The first-order valence-electron chi connectivity index (χ1n) is 10.3. The third kappa shape index (κ3) is 6.71. The molecule has 0 aromatic heterocycles. The van der Waals surface area contributed by atoms with Crippen LogP contribution in [0, 0.1) is 23.7 Å². The molecule has 4 heteroatoms. The van der Waals surface area contributed by atoms with Gasteiger partial charge >= 0.3 is 5.97 Å². The molecule has 1 fully saturated rings. The fourth-order valence-corrected chi connectivity index (χ4v) is 4.08. The lowest BCUT2D eigenvalue weighted by Gasteiger charge is -2.16. The molecule has 0 aliphatic heterocycles. The van der Waals surface area contributed by atoms with Crippen molar-refractivity contribution in [2.75, 3.05) is 0 Å². The van der Waals surface area contributed by atoms with E-state index in [1.165, 1.54) is 25.7 Å². The Kier molecular flexibility index (Phi) is 8.56. The van der Waals surface area contributed by atoms with Gasteiger partial charge in [-0.05, 0) is 50.0 Å². The van der Waals surface area contributed by atoms with Crippen LogP contribution in [0.3, 0.4) is 0 Å². The summed E-state index contributed by atoms with van der Waals surface area (Å²) in [5, 5.41) is 17.9. The number of aliphatic carboxylic acids is 1. The molecule has 0 heterocycles. The SMILES string of the molecule is CCCC(CC=C[C@H]1C=CC(=O)[C@@H]1CCCCCC(O)C(=O)O)C1CC1. The van der Waals surface area contributed by atoms with E-state index < -0.39 is 12.1 Å². The van der Waals surface area contributed by atoms with Crippen LogP contribution in [0.1, 0.15) is 71.1 Å². The summed E-state index contributed by atoms with van der Waals surface area (Å²) in [5.74, 6) is 1.07. The molecule has 2 unspecified atom stereocenters. The standard InChI is InChI=1S/C22H34O4/c1-2-7-16(17-12-13-17)8-6-9-18-14-15-20(23)19(18)10-4-3-5-11-21(24)22(25)26/h6,9,14-19,21,24H,2-5,7-8,10-13H2,1H3,(H,25,26)/t16?,18-,19+,21?/m0/s1. The van der Waals surface area contributed by atoms with Gasteiger partial charge in [0.05, 0.1) is 0 Å². The predicted octanol–water partition coefficient (Wildman–Crippen LogP) is 4.53. The van der Waals surface area contributed by atoms with Gasteiger partial charge in [-0.25, -0.2) is 4.79 Å². The zero-order valence-electron chi connectivity index (χ0n) is 16.0. The van der Waals surface area contributed by atoms with Crippen LogP contribution in [-0.4, -0.2) is 28.1 Å². The summed E-state index contributed by atoms with van der Waals surface area (Å²) >= 11 is 0. The first-order chi connectivity index (χ1) is 12.5. The summed E-state index contributed by atoms with van der Waals surface area (Å²) in [5.41, 5.74) is 0. The van der Waals surface area contributed by atoms with Crippen molar-refractivity contribution in [2.45, 2.75) is 77.2 Å². The number of carboxylic acids is 1. The Morgan fingerprint density at radius 2 is 2.04 bits per heavy atom. The van der Waals surface area contributed by atoms with Crippen LogP contribution in [-0.2, 0) is 9.59 Å². The average molecular weight is 363 g/mol. The monoisotopic (exact) mass is 362 g/mol. The van der Waals surface area contributed by atoms with E-state index in [9.17, 15) is 14.7 Å². The number of rotatable bonds is 13. The van der Waals surface area contributed by atoms with Crippen molar-refractivity contribution < 1.29 is 19.8 Å². The van der Waals surface area contributed by atoms with Crippen molar-refractivity contribution in [2.24, 2.45) is 23.7 Å². The van der Waals surface area contributed by atoms with Crippen LogP contribution >= 0.6 is 0 Å². The van der Waals surface area contributed by atoms with Crippen molar-refractivity contribution in [3.05, 3.63) is 24.3 Å². The lowest BCUT2D eigenvalue weighted by Crippen LogP contribution is -2.19. The third-order valence-electron chi connectivity index (χ3n) is 5.84. The Morgan fingerprint density at radius 1 is 1.27 bits per heavy atom. The molecule has 0 bridgehead atoms. The van der Waals surface area contributed by atoms with Crippen molar-refractivity contribution in [1.29, 1.82) is 0 Å². The number of aliphatic hydroxyl groups is 1. The van der Waals surface area contributed by atoms with E-state index in [1.807, 2.05) is 6.08 Å². The Hall–Kier alpha value is -1.42. The summed E-state index contributed by atoms with van der Waals surface area (Å²) in [6.45, 7) is 2.25. The van der Waals surface area contributed by atoms with Crippen molar-refractivity contribution in [3.8, 4) is 0 Å². The highest BCUT2D eigenvalue weighted by atomic mass is 16.4. The molecule has 2 rings (SSSR count). The second kappa shape index (κ2) is 10.7. The Bertz CT molecular complexity index is 518. The first-order valence-corrected chi connectivity index (χ1v) is 10.3. The lowest BCUT2D eigenvalue weighted by molar-refractivity contribution is -0.146. The molecule has 146 valence electrons. The maximum Gasteiger partial charge on any atom is 0.332 e. The predicted molar refractivity (Wildman–Crippen MR) is 103 cm³/mol. The molecular weight excluding hydrogens is 328 g/mol. The van der Waals surface area contributed by atoms with Crippen molar-refractivity contribution in [1.82, 2.24) is 0 Å². The van der Waals surface area contributed by atoms with Crippen LogP contribution in [0.15, 0.2) is 24.3 Å². The quantitative estimate of drug-likeness (QED) is 0.373. The number of aliphatic hydroxyl groups excluding tert-OH is 1. The highest BCUT2D eigenvalue weighted by molar-refractivity contribution is 5.94. The number of carbonyl (C=O) groups excluding carboxylic acids is 1. The number of allylic oxidation sites excluding steroid dienone is 4. The minimum absolute atomic E-state index is 0.0428. The zero-order chi connectivity index (χ0) is 18.9. The molecule has 0 aromatic carbocycles. The van der Waals surface area contributed by atoms with E-state index in [2.05, 4.69) is 19.1 Å². The molecule has 0 amide bonds. The smallest absolute Gasteiger partial charge is 0.332 e. The molecule has 0 radical (unpaired) electrons. The summed E-state index contributed by atoms with van der Waals surface area (Å²) < 4.78 is 0. The van der Waals surface area contributed by atoms with Gasteiger partial charge < -0.3 is 10.2 Å². The zero-order valence-corrected chi connectivity index (χ0v) is 16.0. The number of ketones is 1. The van der Waals surface area contributed by atoms with Crippen molar-refractivity contribution in [3.63, 3.8) is 0 Å². The average Bonchev–Trinajstić information content (AvgIpc) is 3.39. The van der Waals surface area contributed by atoms with E-state index in [4.69, 9.17) is 5.11 Å². The minimum atomic E-state index is -1.26. The van der Waals surface area contributed by atoms with Gasteiger partial charge in [-0.3, -0.25) is 4.79 Å². The molecule has 1 saturated carbocycles. The van der Waals surface area contributed by atoms with E-state index in [-0.39, 0.29) is 24.0 Å². The van der Waals surface area contributed by atoms with Crippen LogP contribution in [0.2, 0.25) is 0 Å². The number of hydrogen-bond donors (Lipinski definition) is 2. The fourth-order valence-electron chi connectivity index (χ4n) is 4.08. The summed E-state index contributed by atoms with van der Waals surface area (Å²) in [4.78, 5) is 22.7. The maximum absolute atomic E-state index is 12.1. The highest BCUT2D eigenvalue weighted by Gasteiger charge is 2.30. The highest BCUT2D eigenvalue weighted by Crippen LogP contribution is 2.41. The van der Waals surface area contributed by atoms with Crippen molar-refractivity contribution >= 4 is 11.8 Å². The van der Waals surface area contributed by atoms with Gasteiger partial charge in [0.25, 0.3) is 0 Å². The van der Waals surface area contributed by atoms with Crippen LogP contribution in [0.5, 0.6) is 0 Å². The second-order valence-electron chi connectivity index (χ2n) is 7.99. The molecule has 4 atom stereocenters. The van der Waals surface area contributed by atoms with Crippen LogP contribution < -0.4 is 0 Å². The molecule has 2 N–H and O–H groups in total. The molecule has 26 heavy (non-hydrogen) atoms. The molecule has 0 aromatic rings. The molecule has 0 saturated heterocycles. The lowest BCUT2D eigenvalue weighted by atomic mass is 9.87.